The van der Waals surface area contributed by atoms with Crippen LogP contribution in [-0.4, -0.2) is 144 Å². The molecule has 0 aliphatic carbocycles. The maximum atomic E-state index is 13.8. The number of alkyl carbamates (subject to hydrolysis) is 3. The van der Waals surface area contributed by atoms with Gasteiger partial charge in [-0.2, -0.15) is 0 Å². The number of ether oxygens (including phenoxy) is 4. The summed E-state index contributed by atoms with van der Waals surface area (Å²) in [6.07, 6.45) is -4.50. The molecule has 0 fully saturated rings. The Morgan fingerprint density at radius 3 is 1.22 bits per heavy atom. The number of hydrogen-bond acceptors (Lipinski definition) is 11. The number of nitrogens with zero attached hydrogens (tertiary/aromatic N) is 3. The molecule has 0 aliphatic rings. The van der Waals surface area contributed by atoms with Crippen LogP contribution in [0.5, 0.6) is 0 Å². The molecular formula is C36H59N7O12. The molecule has 7 amide bonds. The van der Waals surface area contributed by atoms with Gasteiger partial charge < -0.3 is 55.1 Å². The predicted octanol–water partition coefficient (Wildman–Crippen LogP) is 3.12. The second kappa shape index (κ2) is 22.7. The topological polar surface area (TPSA) is 234 Å². The lowest BCUT2D eigenvalue weighted by atomic mass is 10.2. The van der Waals surface area contributed by atoms with Gasteiger partial charge in [0.25, 0.3) is 0 Å². The zero-order chi connectivity index (χ0) is 41.8. The van der Waals surface area contributed by atoms with E-state index >= 15 is 0 Å². The third kappa shape index (κ3) is 23.7. The fourth-order valence-electron chi connectivity index (χ4n) is 4.36. The SMILES string of the molecule is CC(C)(C)OC(=O)NCCN(CCNC(=O)O)C(=O)CN(CC(=O)N(CCNC(=O)OC(C)(C)C)CCNC(=O)OC(C)(C)C)C(=O)OCc1ccccc1. The maximum absolute atomic E-state index is 13.8. The number of carbonyl (C=O) groups excluding carboxylic acids is 6. The lowest BCUT2D eigenvalue weighted by molar-refractivity contribution is -0.135. The van der Waals surface area contributed by atoms with Gasteiger partial charge in [0.15, 0.2) is 0 Å². The average Bonchev–Trinajstić information content (AvgIpc) is 3.03. The van der Waals surface area contributed by atoms with Gasteiger partial charge in [0.1, 0.15) is 36.5 Å². The largest absolute Gasteiger partial charge is 0.465 e. The molecular weight excluding hydrogens is 722 g/mol. The molecule has 310 valence electrons. The number of hydrogen-bond donors (Lipinski definition) is 5. The molecule has 1 rings (SSSR count). The van der Waals surface area contributed by atoms with E-state index in [-0.39, 0.29) is 59.0 Å². The van der Waals surface area contributed by atoms with E-state index in [9.17, 15) is 33.6 Å². The molecule has 0 atom stereocenters. The first-order valence-electron chi connectivity index (χ1n) is 17.8. The molecule has 0 radical (unpaired) electrons. The Balaban J connectivity index is 3.27. The lowest BCUT2D eigenvalue weighted by Gasteiger charge is -2.30. The van der Waals surface area contributed by atoms with Gasteiger partial charge in [0.05, 0.1) is 0 Å². The van der Waals surface area contributed by atoms with E-state index in [4.69, 9.17) is 24.1 Å². The van der Waals surface area contributed by atoms with Gasteiger partial charge in [-0.25, -0.2) is 24.0 Å². The summed E-state index contributed by atoms with van der Waals surface area (Å²) >= 11 is 0. The summed E-state index contributed by atoms with van der Waals surface area (Å²) in [4.78, 5) is 92.3. The second-order valence-corrected chi connectivity index (χ2v) is 15.2. The van der Waals surface area contributed by atoms with Crippen molar-refractivity contribution >= 4 is 42.3 Å². The van der Waals surface area contributed by atoms with E-state index in [1.54, 1.807) is 92.6 Å². The van der Waals surface area contributed by atoms with E-state index in [1.807, 2.05) is 0 Å². The minimum absolute atomic E-state index is 0.0561. The molecule has 1 aromatic rings. The highest BCUT2D eigenvalue weighted by Crippen LogP contribution is 2.09. The number of nitrogens with one attached hydrogen (secondary N) is 4. The van der Waals surface area contributed by atoms with Crippen LogP contribution in [0, 0.1) is 0 Å². The molecule has 19 heteroatoms. The van der Waals surface area contributed by atoms with Gasteiger partial charge in [-0.15, -0.1) is 0 Å². The van der Waals surface area contributed by atoms with Gasteiger partial charge in [-0.1, -0.05) is 30.3 Å². The van der Waals surface area contributed by atoms with Crippen molar-refractivity contribution in [3.8, 4) is 0 Å². The van der Waals surface area contributed by atoms with E-state index in [2.05, 4.69) is 21.3 Å². The average molecular weight is 782 g/mol. The van der Waals surface area contributed by atoms with Crippen LogP contribution in [0.3, 0.4) is 0 Å². The third-order valence-corrected chi connectivity index (χ3v) is 6.63. The van der Waals surface area contributed by atoms with Crippen molar-refractivity contribution in [3.63, 3.8) is 0 Å². The number of rotatable bonds is 18. The minimum Gasteiger partial charge on any atom is -0.465 e. The number of benzene rings is 1. The zero-order valence-corrected chi connectivity index (χ0v) is 33.4. The van der Waals surface area contributed by atoms with Crippen LogP contribution in [0.15, 0.2) is 30.3 Å². The Hall–Kier alpha value is -5.49. The van der Waals surface area contributed by atoms with E-state index in [0.29, 0.717) is 5.56 Å². The van der Waals surface area contributed by atoms with Crippen LogP contribution in [0.4, 0.5) is 24.0 Å². The number of amides is 7. The van der Waals surface area contributed by atoms with E-state index < -0.39 is 72.2 Å². The number of carboxylic acid groups (broad SMARTS) is 1. The van der Waals surface area contributed by atoms with Crippen molar-refractivity contribution in [2.45, 2.75) is 85.7 Å². The van der Waals surface area contributed by atoms with Crippen molar-refractivity contribution in [2.75, 3.05) is 65.4 Å². The van der Waals surface area contributed by atoms with Gasteiger partial charge in [-0.05, 0) is 67.9 Å². The quantitative estimate of drug-likeness (QED) is 0.135. The second-order valence-electron chi connectivity index (χ2n) is 15.2. The summed E-state index contributed by atoms with van der Waals surface area (Å²) in [5.41, 5.74) is -1.67. The van der Waals surface area contributed by atoms with Crippen LogP contribution in [-0.2, 0) is 35.1 Å². The highest BCUT2D eigenvalue weighted by molar-refractivity contribution is 5.87. The predicted molar refractivity (Wildman–Crippen MR) is 200 cm³/mol. The Bertz CT molecular complexity index is 1390. The molecule has 0 saturated carbocycles. The third-order valence-electron chi connectivity index (χ3n) is 6.63. The molecule has 0 unspecified atom stereocenters. The summed E-state index contributed by atoms with van der Waals surface area (Å²) < 4.78 is 21.2. The van der Waals surface area contributed by atoms with Crippen LogP contribution < -0.4 is 21.3 Å². The molecule has 19 nitrogen and oxygen atoms in total. The molecule has 0 spiro atoms. The van der Waals surface area contributed by atoms with Crippen LogP contribution in [0.1, 0.15) is 67.9 Å². The molecule has 55 heavy (non-hydrogen) atoms. The molecule has 0 aliphatic heterocycles. The fourth-order valence-corrected chi connectivity index (χ4v) is 4.36. The summed E-state index contributed by atoms with van der Waals surface area (Å²) in [6, 6.07) is 8.72. The van der Waals surface area contributed by atoms with Gasteiger partial charge >= 0.3 is 30.5 Å². The Morgan fingerprint density at radius 1 is 0.545 bits per heavy atom. The molecule has 0 bridgehead atoms. The molecule has 0 saturated heterocycles. The Morgan fingerprint density at radius 2 is 0.891 bits per heavy atom. The summed E-state index contributed by atoms with van der Waals surface area (Å²) in [7, 11) is 0. The van der Waals surface area contributed by atoms with E-state index in [1.165, 1.54) is 9.80 Å². The first kappa shape index (κ1) is 47.5. The zero-order valence-electron chi connectivity index (χ0n) is 33.4. The smallest absolute Gasteiger partial charge is 0.411 e. The minimum atomic E-state index is -1.32. The first-order valence-corrected chi connectivity index (χ1v) is 17.8. The van der Waals surface area contributed by atoms with Crippen molar-refractivity contribution in [3.05, 3.63) is 35.9 Å². The highest BCUT2D eigenvalue weighted by Gasteiger charge is 2.28. The monoisotopic (exact) mass is 781 g/mol. The summed E-state index contributed by atoms with van der Waals surface area (Å²) in [6.45, 7) is 13.0. The molecule has 1 aromatic carbocycles. The van der Waals surface area contributed by atoms with Crippen molar-refractivity contribution in [2.24, 2.45) is 0 Å². The van der Waals surface area contributed by atoms with Crippen molar-refractivity contribution in [1.82, 2.24) is 36.0 Å². The van der Waals surface area contributed by atoms with Crippen LogP contribution in [0.25, 0.3) is 0 Å². The van der Waals surface area contributed by atoms with Crippen LogP contribution >= 0.6 is 0 Å². The number of carbonyl (C=O) groups is 7. The Labute approximate surface area is 322 Å². The fraction of sp³-hybridized carbons (Fsp3) is 0.639. The van der Waals surface area contributed by atoms with Crippen molar-refractivity contribution < 1.29 is 57.6 Å². The first-order chi connectivity index (χ1) is 25.4. The van der Waals surface area contributed by atoms with Crippen LogP contribution in [0.2, 0.25) is 0 Å². The van der Waals surface area contributed by atoms with E-state index in [0.717, 1.165) is 4.90 Å². The standard InChI is InChI=1S/C36H59N7O12/c1-34(2,3)53-30(48)38-16-20-41(19-15-37-29(46)47)27(44)23-43(33(51)52-25-26-13-11-10-12-14-26)24-28(45)42(21-17-39-31(49)54-35(4,5)6)22-18-40-32(50)55-36(7,8)9/h10-14,37H,15-25H2,1-9H3,(H,38,48)(H,39,49)(H,40,50)(H,46,47). The normalized spacial score (nSPS) is 11.3. The molecule has 0 heterocycles. The van der Waals surface area contributed by atoms with Gasteiger partial charge in [0.2, 0.25) is 11.8 Å². The maximum Gasteiger partial charge on any atom is 0.411 e. The highest BCUT2D eigenvalue weighted by atomic mass is 16.6. The lowest BCUT2D eigenvalue weighted by Crippen LogP contribution is -2.51. The van der Waals surface area contributed by atoms with Crippen molar-refractivity contribution in [1.29, 1.82) is 0 Å². The summed E-state index contributed by atoms with van der Waals surface area (Å²) in [5, 5.41) is 18.9. The summed E-state index contributed by atoms with van der Waals surface area (Å²) in [5.74, 6) is -1.35. The van der Waals surface area contributed by atoms with Gasteiger partial charge in [-0.3, -0.25) is 14.5 Å². The Kier molecular flexibility index (Phi) is 19.6. The molecule has 0 aromatic heterocycles. The van der Waals surface area contributed by atoms with Gasteiger partial charge in [0, 0.05) is 52.4 Å². The molecule has 5 N–H and O–H groups in total.